The monoisotopic (exact) mass is 248 g/mol. The highest BCUT2D eigenvalue weighted by molar-refractivity contribution is 6.04. The predicted molar refractivity (Wildman–Crippen MR) is 65.1 cm³/mol. The third kappa shape index (κ3) is 4.86. The van der Waals surface area contributed by atoms with E-state index in [2.05, 4.69) is 0 Å². The van der Waals surface area contributed by atoms with Crippen LogP contribution in [0.3, 0.4) is 0 Å². The van der Waals surface area contributed by atoms with E-state index in [0.717, 1.165) is 11.6 Å². The lowest BCUT2D eigenvalue weighted by molar-refractivity contribution is -0.135. The first-order chi connectivity index (χ1) is 8.13. The molecule has 0 atom stereocenters. The molecule has 0 aliphatic heterocycles. The van der Waals surface area contributed by atoms with Crippen molar-refractivity contribution in [3.8, 4) is 0 Å². The van der Waals surface area contributed by atoms with Crippen molar-refractivity contribution in [3.63, 3.8) is 0 Å². The van der Waals surface area contributed by atoms with E-state index < -0.39 is 5.97 Å². The summed E-state index contributed by atoms with van der Waals surface area (Å²) in [6.07, 6.45) is 1.94. The second-order valence-corrected chi connectivity index (χ2v) is 3.88. The second kappa shape index (κ2) is 6.90. The second-order valence-electron chi connectivity index (χ2n) is 3.47. The first-order valence-corrected chi connectivity index (χ1v) is 6.01. The first-order valence-electron chi connectivity index (χ1n) is 5.19. The van der Waals surface area contributed by atoms with Crippen LogP contribution in [0.2, 0.25) is 0 Å². The zero-order valence-electron chi connectivity index (χ0n) is 9.55. The molecular formula is C12H13AlO4. The van der Waals surface area contributed by atoms with Crippen LogP contribution in [0.1, 0.15) is 12.0 Å². The number of aryl methyl sites for hydroxylation is 1. The Morgan fingerprint density at radius 1 is 1.29 bits per heavy atom. The van der Waals surface area contributed by atoms with Gasteiger partial charge in [0.1, 0.15) is 0 Å². The number of benzene rings is 1. The van der Waals surface area contributed by atoms with Crippen molar-refractivity contribution in [1.29, 1.82) is 0 Å². The van der Waals surface area contributed by atoms with Gasteiger partial charge in [0.15, 0.2) is 11.5 Å². The number of carboxylic acids is 1. The number of rotatable bonds is 6. The smallest absolute Gasteiger partial charge is 0.497 e. The van der Waals surface area contributed by atoms with Gasteiger partial charge < -0.3 is 8.90 Å². The number of carboxylic acid groups (broad SMARTS) is 1. The van der Waals surface area contributed by atoms with E-state index in [1.807, 2.05) is 30.3 Å². The molecule has 0 amide bonds. The van der Waals surface area contributed by atoms with Gasteiger partial charge in [-0.2, -0.15) is 0 Å². The predicted octanol–water partition coefficient (Wildman–Crippen LogP) is 0.721. The molecule has 0 heterocycles. The summed E-state index contributed by atoms with van der Waals surface area (Å²) in [6, 6.07) is 9.57. The Bertz CT molecular complexity index is 425. The molecule has 1 rings (SSSR count). The van der Waals surface area contributed by atoms with E-state index in [9.17, 15) is 9.59 Å². The van der Waals surface area contributed by atoms with E-state index in [0.29, 0.717) is 6.42 Å². The normalized spacial score (nSPS) is 10.9. The molecule has 0 saturated heterocycles. The Morgan fingerprint density at radius 2 is 1.94 bits per heavy atom. The SMILES string of the molecule is O=C(/C=C(\[O][AlH2])C(=O)O)CCc1ccccc1. The summed E-state index contributed by atoms with van der Waals surface area (Å²) in [5.41, 5.74) is 1.05. The van der Waals surface area contributed by atoms with Gasteiger partial charge in [-0.15, -0.1) is 0 Å². The summed E-state index contributed by atoms with van der Waals surface area (Å²) in [5.74, 6) is -1.70. The molecule has 0 radical (unpaired) electrons. The Hall–Kier alpha value is -1.57. The van der Waals surface area contributed by atoms with Crippen LogP contribution in [-0.4, -0.2) is 33.5 Å². The first kappa shape index (κ1) is 13.5. The van der Waals surface area contributed by atoms with E-state index in [1.165, 1.54) is 0 Å². The van der Waals surface area contributed by atoms with Crippen LogP contribution >= 0.6 is 0 Å². The van der Waals surface area contributed by atoms with Gasteiger partial charge in [0.05, 0.1) is 0 Å². The van der Waals surface area contributed by atoms with Crippen molar-refractivity contribution in [2.24, 2.45) is 0 Å². The van der Waals surface area contributed by atoms with Gasteiger partial charge in [0, 0.05) is 12.5 Å². The minimum absolute atomic E-state index is 0.234. The highest BCUT2D eigenvalue weighted by atomic mass is 27.1. The number of hydrogen-bond donors (Lipinski definition) is 1. The number of ketones is 1. The lowest BCUT2D eigenvalue weighted by Crippen LogP contribution is -2.07. The third-order valence-corrected chi connectivity index (χ3v) is 2.67. The summed E-state index contributed by atoms with van der Waals surface area (Å²) < 4.78 is 4.71. The van der Waals surface area contributed by atoms with Crippen molar-refractivity contribution in [2.75, 3.05) is 0 Å². The Balaban J connectivity index is 2.53. The lowest BCUT2D eigenvalue weighted by Gasteiger charge is -2.02. The van der Waals surface area contributed by atoms with E-state index >= 15 is 0 Å². The van der Waals surface area contributed by atoms with Crippen LogP contribution in [0, 0.1) is 0 Å². The summed E-state index contributed by atoms with van der Waals surface area (Å²) in [7, 11) is 0. The molecule has 5 heteroatoms. The number of allylic oxidation sites excluding steroid dienone is 1. The molecule has 17 heavy (non-hydrogen) atoms. The fourth-order valence-corrected chi connectivity index (χ4v) is 1.63. The Morgan fingerprint density at radius 3 is 2.47 bits per heavy atom. The Labute approximate surface area is 108 Å². The van der Waals surface area contributed by atoms with Crippen LogP contribution < -0.4 is 0 Å². The standard InChI is InChI=1S/C12H12O4.Al.2H/c13-10(8-11(14)12(15)16)7-6-9-4-2-1-3-5-9;;;/h1-5,8,14H,6-7H2,(H,15,16);;;/q;+1;;/p-1/b11-8-;;;. The van der Waals surface area contributed by atoms with E-state index in [-0.39, 0.29) is 34.6 Å². The van der Waals surface area contributed by atoms with Crippen LogP contribution in [0.25, 0.3) is 0 Å². The van der Waals surface area contributed by atoms with Gasteiger partial charge in [-0.25, -0.2) is 4.79 Å². The van der Waals surface area contributed by atoms with Crippen LogP contribution in [-0.2, 0) is 19.8 Å². The molecule has 0 aliphatic rings. The summed E-state index contributed by atoms with van der Waals surface area (Å²) in [6.45, 7) is 0. The van der Waals surface area contributed by atoms with Gasteiger partial charge in [-0.05, 0) is 12.0 Å². The zero-order chi connectivity index (χ0) is 12.7. The van der Waals surface area contributed by atoms with Crippen molar-refractivity contribution in [2.45, 2.75) is 12.8 Å². The zero-order valence-corrected chi connectivity index (χ0v) is 11.6. The third-order valence-electron chi connectivity index (χ3n) is 2.23. The molecule has 0 spiro atoms. The summed E-state index contributed by atoms with van der Waals surface area (Å²) in [4.78, 5) is 22.1. The molecule has 0 aliphatic carbocycles. The van der Waals surface area contributed by atoms with Crippen LogP contribution in [0.15, 0.2) is 42.2 Å². The van der Waals surface area contributed by atoms with Crippen LogP contribution in [0.5, 0.6) is 0 Å². The minimum Gasteiger partial charge on any atom is -0.642 e. The van der Waals surface area contributed by atoms with Crippen molar-refractivity contribution in [1.82, 2.24) is 0 Å². The molecule has 0 fully saturated rings. The molecule has 0 saturated carbocycles. The molecule has 4 nitrogen and oxygen atoms in total. The molecule has 0 aromatic heterocycles. The van der Waals surface area contributed by atoms with Crippen molar-refractivity contribution in [3.05, 3.63) is 47.7 Å². The maximum atomic E-state index is 11.5. The minimum atomic E-state index is -1.20. The lowest BCUT2D eigenvalue weighted by atomic mass is 10.1. The molecule has 1 aromatic carbocycles. The maximum absolute atomic E-state index is 11.5. The van der Waals surface area contributed by atoms with Gasteiger partial charge in [-0.1, -0.05) is 30.3 Å². The summed E-state index contributed by atoms with van der Waals surface area (Å²) in [5, 5.41) is 8.68. The number of carbonyl (C=O) groups excluding carboxylic acids is 1. The average Bonchev–Trinajstić information content (AvgIpc) is 2.34. The fraction of sp³-hybridized carbons (Fsp3) is 0.167. The molecular weight excluding hydrogens is 235 g/mol. The van der Waals surface area contributed by atoms with Gasteiger partial charge in [-0.3, -0.25) is 4.79 Å². The number of carbonyl (C=O) groups is 2. The quantitative estimate of drug-likeness (QED) is 0.458. The van der Waals surface area contributed by atoms with Crippen molar-refractivity contribution >= 4 is 28.4 Å². The van der Waals surface area contributed by atoms with E-state index in [4.69, 9.17) is 8.90 Å². The topological polar surface area (TPSA) is 63.6 Å². The number of hydrogen-bond acceptors (Lipinski definition) is 3. The molecule has 1 aromatic rings. The fourth-order valence-electron chi connectivity index (χ4n) is 1.34. The molecule has 88 valence electrons. The maximum Gasteiger partial charge on any atom is 0.497 e. The van der Waals surface area contributed by atoms with Crippen molar-refractivity contribution < 1.29 is 18.5 Å². The average molecular weight is 248 g/mol. The Kier molecular flexibility index (Phi) is 5.48. The molecule has 0 bridgehead atoms. The van der Waals surface area contributed by atoms with Gasteiger partial charge in [0.25, 0.3) is 0 Å². The largest absolute Gasteiger partial charge is 0.642 e. The van der Waals surface area contributed by atoms with Crippen LogP contribution in [0.4, 0.5) is 0 Å². The number of aliphatic carboxylic acids is 1. The highest BCUT2D eigenvalue weighted by Crippen LogP contribution is 2.04. The molecule has 0 unspecified atom stereocenters. The van der Waals surface area contributed by atoms with E-state index in [1.54, 1.807) is 0 Å². The van der Waals surface area contributed by atoms with Gasteiger partial charge >= 0.3 is 22.6 Å². The summed E-state index contributed by atoms with van der Waals surface area (Å²) >= 11 is 0.254. The highest BCUT2D eigenvalue weighted by Gasteiger charge is 2.08. The van der Waals surface area contributed by atoms with Gasteiger partial charge in [0.2, 0.25) is 0 Å². The molecule has 1 N–H and O–H groups in total.